The summed E-state index contributed by atoms with van der Waals surface area (Å²) >= 11 is 0. The highest BCUT2D eigenvalue weighted by atomic mass is 19.4. The van der Waals surface area contributed by atoms with E-state index in [2.05, 4.69) is 0 Å². The topological polar surface area (TPSA) is 0 Å². The standard InChI is InChI=1S/C15H11F7/c1-9(13(16,17)14(18,19)15(20,21)22)11-8-4-6-10-5-2-3-7-12(10)11/h2-9H,1H3. The van der Waals surface area contributed by atoms with Crippen LogP contribution in [-0.2, 0) is 0 Å². The van der Waals surface area contributed by atoms with E-state index < -0.39 is 23.9 Å². The molecule has 120 valence electrons. The van der Waals surface area contributed by atoms with Gasteiger partial charge in [-0.25, -0.2) is 0 Å². The lowest BCUT2D eigenvalue weighted by molar-refractivity contribution is -0.358. The van der Waals surface area contributed by atoms with Crippen LogP contribution in [0.5, 0.6) is 0 Å². The molecule has 0 amide bonds. The van der Waals surface area contributed by atoms with Gasteiger partial charge >= 0.3 is 18.0 Å². The van der Waals surface area contributed by atoms with E-state index in [-0.39, 0.29) is 10.9 Å². The number of alkyl halides is 7. The van der Waals surface area contributed by atoms with Gasteiger partial charge < -0.3 is 0 Å². The SMILES string of the molecule is CC(c1cccc2ccccc12)C(F)(F)C(F)(F)C(F)(F)F. The van der Waals surface area contributed by atoms with Gasteiger partial charge in [-0.05, 0) is 16.3 Å². The average Bonchev–Trinajstić information content (AvgIpc) is 2.44. The molecule has 2 aromatic rings. The summed E-state index contributed by atoms with van der Waals surface area (Å²) in [6.45, 7) is 0.668. The van der Waals surface area contributed by atoms with Crippen molar-refractivity contribution >= 4 is 10.8 Å². The molecule has 2 aromatic carbocycles. The van der Waals surface area contributed by atoms with Crippen molar-refractivity contribution in [1.29, 1.82) is 0 Å². The van der Waals surface area contributed by atoms with Crippen LogP contribution < -0.4 is 0 Å². The van der Waals surface area contributed by atoms with E-state index in [1.54, 1.807) is 18.2 Å². The van der Waals surface area contributed by atoms with Gasteiger partial charge in [-0.1, -0.05) is 49.4 Å². The Balaban J connectivity index is 2.56. The summed E-state index contributed by atoms with van der Waals surface area (Å²) in [5, 5.41) is 0.702. The summed E-state index contributed by atoms with van der Waals surface area (Å²) in [5.74, 6) is -13.7. The molecule has 0 aliphatic rings. The second-order valence-electron chi connectivity index (χ2n) is 4.99. The lowest BCUT2D eigenvalue weighted by atomic mass is 9.87. The van der Waals surface area contributed by atoms with Gasteiger partial charge in [-0.3, -0.25) is 0 Å². The number of hydrogen-bond acceptors (Lipinski definition) is 0. The van der Waals surface area contributed by atoms with E-state index in [1.165, 1.54) is 18.2 Å². The Morgan fingerprint density at radius 2 is 1.32 bits per heavy atom. The average molecular weight is 324 g/mol. The van der Waals surface area contributed by atoms with Crippen molar-refractivity contribution in [3.63, 3.8) is 0 Å². The van der Waals surface area contributed by atoms with Crippen LogP contribution in [0.15, 0.2) is 42.5 Å². The van der Waals surface area contributed by atoms with Crippen LogP contribution in [0.1, 0.15) is 18.4 Å². The smallest absolute Gasteiger partial charge is 0.199 e. The van der Waals surface area contributed by atoms with Crippen molar-refractivity contribution in [2.24, 2.45) is 0 Å². The first-order valence-electron chi connectivity index (χ1n) is 6.30. The highest BCUT2D eigenvalue weighted by Gasteiger charge is 2.74. The molecule has 0 aliphatic heterocycles. The number of rotatable bonds is 3. The predicted octanol–water partition coefficient (Wildman–Crippen LogP) is 5.78. The third-order valence-corrected chi connectivity index (χ3v) is 3.61. The molecule has 0 N–H and O–H groups in total. The first-order chi connectivity index (χ1) is 10.00. The van der Waals surface area contributed by atoms with Crippen LogP contribution in [0.3, 0.4) is 0 Å². The summed E-state index contributed by atoms with van der Waals surface area (Å²) in [4.78, 5) is 0. The molecule has 2 rings (SSSR count). The van der Waals surface area contributed by atoms with E-state index in [0.29, 0.717) is 12.3 Å². The Kier molecular flexibility index (Phi) is 3.87. The molecule has 0 heterocycles. The van der Waals surface area contributed by atoms with Crippen molar-refractivity contribution in [2.75, 3.05) is 0 Å². The molecule has 7 heteroatoms. The Morgan fingerprint density at radius 1 is 0.773 bits per heavy atom. The Hall–Kier alpha value is -1.79. The van der Waals surface area contributed by atoms with E-state index in [0.717, 1.165) is 6.07 Å². The van der Waals surface area contributed by atoms with Gasteiger partial charge in [-0.15, -0.1) is 0 Å². The van der Waals surface area contributed by atoms with E-state index in [1.807, 2.05) is 0 Å². The van der Waals surface area contributed by atoms with Crippen molar-refractivity contribution in [1.82, 2.24) is 0 Å². The van der Waals surface area contributed by atoms with Crippen molar-refractivity contribution in [3.8, 4) is 0 Å². The van der Waals surface area contributed by atoms with E-state index in [9.17, 15) is 30.7 Å². The maximum absolute atomic E-state index is 13.8. The highest BCUT2D eigenvalue weighted by molar-refractivity contribution is 5.86. The van der Waals surface area contributed by atoms with Gasteiger partial charge in [-0.2, -0.15) is 30.7 Å². The summed E-state index contributed by atoms with van der Waals surface area (Å²) in [6, 6.07) is 10.1. The van der Waals surface area contributed by atoms with Gasteiger partial charge in [0.1, 0.15) is 0 Å². The number of benzene rings is 2. The Labute approximate surface area is 121 Å². The number of fused-ring (bicyclic) bond motifs is 1. The van der Waals surface area contributed by atoms with Crippen LogP contribution in [0.25, 0.3) is 10.8 Å². The maximum Gasteiger partial charge on any atom is 0.459 e. The molecule has 0 nitrogen and oxygen atoms in total. The fraction of sp³-hybridized carbons (Fsp3) is 0.333. The van der Waals surface area contributed by atoms with E-state index >= 15 is 0 Å². The van der Waals surface area contributed by atoms with Gasteiger partial charge in [0.2, 0.25) is 0 Å². The van der Waals surface area contributed by atoms with Crippen molar-refractivity contribution in [2.45, 2.75) is 30.9 Å². The molecule has 1 unspecified atom stereocenters. The van der Waals surface area contributed by atoms with Gasteiger partial charge in [0.15, 0.2) is 0 Å². The third kappa shape index (κ3) is 2.42. The molecule has 0 saturated carbocycles. The van der Waals surface area contributed by atoms with Crippen molar-refractivity contribution in [3.05, 3.63) is 48.0 Å². The lowest BCUT2D eigenvalue weighted by Gasteiger charge is -2.33. The minimum atomic E-state index is -6.32. The summed E-state index contributed by atoms with van der Waals surface area (Å²) in [7, 11) is 0. The number of halogens is 7. The highest BCUT2D eigenvalue weighted by Crippen LogP contribution is 2.53. The molecule has 0 radical (unpaired) electrons. The lowest BCUT2D eigenvalue weighted by Crippen LogP contribution is -2.54. The molecule has 22 heavy (non-hydrogen) atoms. The summed E-state index contributed by atoms with van der Waals surface area (Å²) in [5.41, 5.74) is -0.257. The number of hydrogen-bond donors (Lipinski definition) is 0. The van der Waals surface area contributed by atoms with Crippen LogP contribution in [0.4, 0.5) is 30.7 Å². The van der Waals surface area contributed by atoms with Crippen LogP contribution >= 0.6 is 0 Å². The molecule has 0 saturated heterocycles. The second-order valence-corrected chi connectivity index (χ2v) is 4.99. The molecule has 0 bridgehead atoms. The molecule has 0 spiro atoms. The zero-order valence-electron chi connectivity index (χ0n) is 11.3. The molecular formula is C15H11F7. The molecular weight excluding hydrogens is 313 g/mol. The fourth-order valence-corrected chi connectivity index (χ4v) is 2.28. The minimum Gasteiger partial charge on any atom is -0.199 e. The van der Waals surface area contributed by atoms with Gasteiger partial charge in [0.05, 0.1) is 5.92 Å². The maximum atomic E-state index is 13.8. The van der Waals surface area contributed by atoms with Crippen LogP contribution in [0, 0.1) is 0 Å². The van der Waals surface area contributed by atoms with Gasteiger partial charge in [0, 0.05) is 0 Å². The summed E-state index contributed by atoms with van der Waals surface area (Å²) < 4.78 is 90.9. The third-order valence-electron chi connectivity index (χ3n) is 3.61. The normalized spacial score (nSPS) is 15.1. The Morgan fingerprint density at radius 3 is 1.91 bits per heavy atom. The zero-order valence-corrected chi connectivity index (χ0v) is 11.3. The fourth-order valence-electron chi connectivity index (χ4n) is 2.28. The van der Waals surface area contributed by atoms with Crippen molar-refractivity contribution < 1.29 is 30.7 Å². The second kappa shape index (κ2) is 5.14. The molecule has 0 fully saturated rings. The Bertz CT molecular complexity index is 668. The first kappa shape index (κ1) is 16.6. The van der Waals surface area contributed by atoms with E-state index in [4.69, 9.17) is 0 Å². The molecule has 1 atom stereocenters. The summed E-state index contributed by atoms with van der Waals surface area (Å²) in [6.07, 6.45) is -6.32. The zero-order chi connectivity index (χ0) is 16.8. The van der Waals surface area contributed by atoms with Crippen LogP contribution in [-0.4, -0.2) is 18.0 Å². The molecule has 0 aromatic heterocycles. The molecule has 0 aliphatic carbocycles. The van der Waals surface area contributed by atoms with Crippen LogP contribution in [0.2, 0.25) is 0 Å². The quantitative estimate of drug-likeness (QED) is 0.628. The predicted molar refractivity (Wildman–Crippen MR) is 68.3 cm³/mol. The van der Waals surface area contributed by atoms with Gasteiger partial charge in [0.25, 0.3) is 0 Å². The first-order valence-corrected chi connectivity index (χ1v) is 6.30. The monoisotopic (exact) mass is 324 g/mol. The largest absolute Gasteiger partial charge is 0.459 e. The minimum absolute atomic E-state index is 0.218.